The Morgan fingerprint density at radius 3 is 2.69 bits per heavy atom. The second-order valence-corrected chi connectivity index (χ2v) is 3.19. The molecule has 72 valence electrons. The van der Waals surface area contributed by atoms with Gasteiger partial charge in [-0.2, -0.15) is 0 Å². The lowest BCUT2D eigenvalue weighted by molar-refractivity contribution is 0.304. The van der Waals surface area contributed by atoms with Crippen LogP contribution in [0.1, 0.15) is 5.56 Å². The lowest BCUT2D eigenvalue weighted by atomic mass is 10.2. The first kappa shape index (κ1) is 9.86. The molecule has 1 aromatic carbocycles. The summed E-state index contributed by atoms with van der Waals surface area (Å²) in [6, 6.07) is 5.91. The van der Waals surface area contributed by atoms with Crippen LogP contribution in [0.5, 0.6) is 0 Å². The third-order valence-corrected chi connectivity index (χ3v) is 2.14. The van der Waals surface area contributed by atoms with Crippen LogP contribution in [-0.2, 0) is 0 Å². The molecule has 3 N–H and O–H groups in total. The molecule has 1 aromatic rings. The standard InChI is InChI=1S/C10H16N2O/c1-8-3-4-9(7-10(8)11)12(2)5-6-13/h3-4,7,13H,5-6,11H2,1-2H3. The second kappa shape index (κ2) is 4.14. The van der Waals surface area contributed by atoms with Gasteiger partial charge in [0.1, 0.15) is 0 Å². The molecule has 0 aromatic heterocycles. The number of hydrogen-bond donors (Lipinski definition) is 2. The Labute approximate surface area is 78.8 Å². The summed E-state index contributed by atoms with van der Waals surface area (Å²) in [5.74, 6) is 0. The number of aliphatic hydroxyl groups is 1. The molecule has 0 heterocycles. The Bertz CT molecular complexity index is 286. The van der Waals surface area contributed by atoms with Gasteiger partial charge in [0, 0.05) is 25.0 Å². The van der Waals surface area contributed by atoms with Crippen molar-refractivity contribution in [3.05, 3.63) is 23.8 Å². The maximum atomic E-state index is 8.75. The highest BCUT2D eigenvalue weighted by Gasteiger charge is 2.01. The zero-order valence-electron chi connectivity index (χ0n) is 8.12. The van der Waals surface area contributed by atoms with E-state index in [-0.39, 0.29) is 6.61 Å². The van der Waals surface area contributed by atoms with Crippen LogP contribution >= 0.6 is 0 Å². The number of hydrogen-bond acceptors (Lipinski definition) is 3. The molecule has 0 saturated heterocycles. The summed E-state index contributed by atoms with van der Waals surface area (Å²) in [5, 5.41) is 8.75. The summed E-state index contributed by atoms with van der Waals surface area (Å²) in [5.41, 5.74) is 8.68. The summed E-state index contributed by atoms with van der Waals surface area (Å²) in [6.07, 6.45) is 0. The van der Waals surface area contributed by atoms with Gasteiger partial charge in [0.2, 0.25) is 0 Å². The first-order valence-electron chi connectivity index (χ1n) is 4.33. The minimum Gasteiger partial charge on any atom is -0.398 e. The predicted octanol–water partition coefficient (Wildman–Crippen LogP) is 1.01. The molecule has 0 radical (unpaired) electrons. The number of anilines is 2. The van der Waals surface area contributed by atoms with Crippen molar-refractivity contribution in [2.75, 3.05) is 30.8 Å². The molecule has 0 atom stereocenters. The SMILES string of the molecule is Cc1ccc(N(C)CCO)cc1N. The number of likely N-dealkylation sites (N-methyl/N-ethyl adjacent to an activating group) is 1. The molecule has 0 aliphatic carbocycles. The molecule has 3 heteroatoms. The van der Waals surface area contributed by atoms with Crippen molar-refractivity contribution in [2.24, 2.45) is 0 Å². The Hall–Kier alpha value is -1.22. The highest BCUT2D eigenvalue weighted by atomic mass is 16.3. The predicted molar refractivity (Wildman–Crippen MR) is 55.9 cm³/mol. The van der Waals surface area contributed by atoms with E-state index < -0.39 is 0 Å². The van der Waals surface area contributed by atoms with Crippen molar-refractivity contribution in [3.8, 4) is 0 Å². The van der Waals surface area contributed by atoms with Crippen molar-refractivity contribution in [2.45, 2.75) is 6.92 Å². The van der Waals surface area contributed by atoms with E-state index in [1.807, 2.05) is 37.1 Å². The van der Waals surface area contributed by atoms with E-state index in [0.29, 0.717) is 6.54 Å². The van der Waals surface area contributed by atoms with Crippen LogP contribution in [0.25, 0.3) is 0 Å². The van der Waals surface area contributed by atoms with Crippen molar-refractivity contribution in [3.63, 3.8) is 0 Å². The number of aryl methyl sites for hydroxylation is 1. The summed E-state index contributed by atoms with van der Waals surface area (Å²) in [7, 11) is 1.93. The number of nitrogens with two attached hydrogens (primary N) is 1. The van der Waals surface area contributed by atoms with Crippen LogP contribution in [-0.4, -0.2) is 25.3 Å². The zero-order chi connectivity index (χ0) is 9.84. The first-order chi connectivity index (χ1) is 6.15. The van der Waals surface area contributed by atoms with Crippen LogP contribution in [0.3, 0.4) is 0 Å². The molecule has 0 spiro atoms. The van der Waals surface area contributed by atoms with Crippen LogP contribution in [0, 0.1) is 6.92 Å². The van der Waals surface area contributed by atoms with E-state index in [0.717, 1.165) is 16.9 Å². The van der Waals surface area contributed by atoms with Crippen molar-refractivity contribution in [1.29, 1.82) is 0 Å². The quantitative estimate of drug-likeness (QED) is 0.682. The van der Waals surface area contributed by atoms with Gasteiger partial charge in [0.25, 0.3) is 0 Å². The Morgan fingerprint density at radius 1 is 1.46 bits per heavy atom. The Morgan fingerprint density at radius 2 is 2.15 bits per heavy atom. The molecule has 0 fully saturated rings. The first-order valence-corrected chi connectivity index (χ1v) is 4.33. The highest BCUT2D eigenvalue weighted by Crippen LogP contribution is 2.19. The van der Waals surface area contributed by atoms with Gasteiger partial charge in [-0.3, -0.25) is 0 Å². The Kier molecular flexibility index (Phi) is 3.14. The van der Waals surface area contributed by atoms with Gasteiger partial charge < -0.3 is 15.7 Å². The third-order valence-electron chi connectivity index (χ3n) is 2.14. The maximum absolute atomic E-state index is 8.75. The molecular formula is C10H16N2O. The van der Waals surface area contributed by atoms with Crippen LogP contribution < -0.4 is 10.6 Å². The molecule has 0 unspecified atom stereocenters. The number of aliphatic hydroxyl groups excluding tert-OH is 1. The molecule has 0 aliphatic rings. The van der Waals surface area contributed by atoms with Gasteiger partial charge in [-0.05, 0) is 24.6 Å². The zero-order valence-corrected chi connectivity index (χ0v) is 8.12. The summed E-state index contributed by atoms with van der Waals surface area (Å²) < 4.78 is 0. The fourth-order valence-electron chi connectivity index (χ4n) is 1.14. The van der Waals surface area contributed by atoms with E-state index in [4.69, 9.17) is 10.8 Å². The minimum absolute atomic E-state index is 0.157. The monoisotopic (exact) mass is 180 g/mol. The van der Waals surface area contributed by atoms with E-state index in [2.05, 4.69) is 0 Å². The lowest BCUT2D eigenvalue weighted by Crippen LogP contribution is -2.21. The highest BCUT2D eigenvalue weighted by molar-refractivity contribution is 5.59. The molecule has 1 rings (SSSR count). The third kappa shape index (κ3) is 2.36. The fraction of sp³-hybridized carbons (Fsp3) is 0.400. The van der Waals surface area contributed by atoms with Crippen molar-refractivity contribution < 1.29 is 5.11 Å². The Balaban J connectivity index is 2.84. The van der Waals surface area contributed by atoms with Gasteiger partial charge in [-0.25, -0.2) is 0 Å². The minimum atomic E-state index is 0.157. The van der Waals surface area contributed by atoms with E-state index >= 15 is 0 Å². The molecule has 0 amide bonds. The van der Waals surface area contributed by atoms with E-state index in [9.17, 15) is 0 Å². The van der Waals surface area contributed by atoms with Gasteiger partial charge in [0.05, 0.1) is 6.61 Å². The van der Waals surface area contributed by atoms with Gasteiger partial charge in [0.15, 0.2) is 0 Å². The van der Waals surface area contributed by atoms with Crippen LogP contribution in [0.2, 0.25) is 0 Å². The van der Waals surface area contributed by atoms with Crippen LogP contribution in [0.15, 0.2) is 18.2 Å². The molecule has 0 aliphatic heterocycles. The summed E-state index contributed by atoms with van der Waals surface area (Å²) in [4.78, 5) is 1.97. The maximum Gasteiger partial charge on any atom is 0.0606 e. The summed E-state index contributed by atoms with van der Waals surface area (Å²) in [6.45, 7) is 2.76. The lowest BCUT2D eigenvalue weighted by Gasteiger charge is -2.18. The normalized spacial score (nSPS) is 10.1. The fourth-order valence-corrected chi connectivity index (χ4v) is 1.14. The van der Waals surface area contributed by atoms with Crippen molar-refractivity contribution in [1.82, 2.24) is 0 Å². The molecule has 0 saturated carbocycles. The number of benzene rings is 1. The topological polar surface area (TPSA) is 49.5 Å². The molecular weight excluding hydrogens is 164 g/mol. The van der Waals surface area contributed by atoms with Gasteiger partial charge in [-0.1, -0.05) is 6.07 Å². The van der Waals surface area contributed by atoms with Crippen LogP contribution in [0.4, 0.5) is 11.4 Å². The average molecular weight is 180 g/mol. The van der Waals surface area contributed by atoms with Gasteiger partial charge >= 0.3 is 0 Å². The van der Waals surface area contributed by atoms with E-state index in [1.165, 1.54) is 0 Å². The number of rotatable bonds is 3. The molecule has 3 nitrogen and oxygen atoms in total. The number of nitrogen functional groups attached to an aromatic ring is 1. The average Bonchev–Trinajstić information content (AvgIpc) is 2.10. The van der Waals surface area contributed by atoms with Gasteiger partial charge in [-0.15, -0.1) is 0 Å². The largest absolute Gasteiger partial charge is 0.398 e. The molecule has 13 heavy (non-hydrogen) atoms. The van der Waals surface area contributed by atoms with E-state index in [1.54, 1.807) is 0 Å². The van der Waals surface area contributed by atoms with Crippen molar-refractivity contribution >= 4 is 11.4 Å². The second-order valence-electron chi connectivity index (χ2n) is 3.19. The molecule has 0 bridgehead atoms. The summed E-state index contributed by atoms with van der Waals surface area (Å²) >= 11 is 0. The smallest absolute Gasteiger partial charge is 0.0606 e. The number of nitrogens with zero attached hydrogens (tertiary/aromatic N) is 1.